The van der Waals surface area contributed by atoms with Crippen molar-refractivity contribution >= 4 is 12.4 Å². The van der Waals surface area contributed by atoms with Crippen molar-refractivity contribution in [3.05, 3.63) is 0 Å². The van der Waals surface area contributed by atoms with Crippen LogP contribution in [0.3, 0.4) is 0 Å². The highest BCUT2D eigenvalue weighted by Gasteiger charge is 2.16. The second-order valence-corrected chi connectivity index (χ2v) is 2.72. The van der Waals surface area contributed by atoms with Gasteiger partial charge in [-0.25, -0.2) is 0 Å². The molecule has 0 saturated carbocycles. The molecule has 1 aliphatic heterocycles. The molecule has 4 heteroatoms. The van der Waals surface area contributed by atoms with Crippen molar-refractivity contribution in [2.45, 2.75) is 19.1 Å². The first-order valence-electron chi connectivity index (χ1n) is 3.67. The van der Waals surface area contributed by atoms with Crippen molar-refractivity contribution in [1.82, 2.24) is 5.32 Å². The molecule has 0 amide bonds. The Morgan fingerprint density at radius 2 is 2.36 bits per heavy atom. The zero-order valence-corrected chi connectivity index (χ0v) is 7.82. The maximum absolute atomic E-state index is 5.44. The monoisotopic (exact) mass is 181 g/mol. The largest absolute Gasteiger partial charge is 0.382 e. The highest BCUT2D eigenvalue weighted by atomic mass is 35.5. The van der Waals surface area contributed by atoms with Gasteiger partial charge in [-0.05, 0) is 6.92 Å². The Morgan fingerprint density at radius 3 is 2.82 bits per heavy atom. The van der Waals surface area contributed by atoms with E-state index in [0.717, 1.165) is 13.2 Å². The molecule has 0 bridgehead atoms. The molecule has 2 atom stereocenters. The highest BCUT2D eigenvalue weighted by Crippen LogP contribution is 1.99. The molecule has 2 unspecified atom stereocenters. The molecule has 0 radical (unpaired) electrons. The molecule has 68 valence electrons. The van der Waals surface area contributed by atoms with Crippen LogP contribution < -0.4 is 5.32 Å². The standard InChI is InChI=1S/C7H15NO2.ClH/c1-6-4-10-7(3-8-6)5-9-2;/h6-8H,3-5H2,1-2H3;1H. The van der Waals surface area contributed by atoms with E-state index in [9.17, 15) is 0 Å². The van der Waals surface area contributed by atoms with Crippen LogP contribution in [0.25, 0.3) is 0 Å². The zero-order valence-electron chi connectivity index (χ0n) is 7.00. The predicted molar refractivity (Wildman–Crippen MR) is 46.3 cm³/mol. The van der Waals surface area contributed by atoms with Crippen LogP contribution in [0.4, 0.5) is 0 Å². The SMILES string of the molecule is COCC1CNC(C)CO1.Cl. The Labute approximate surface area is 73.9 Å². The number of hydrogen-bond acceptors (Lipinski definition) is 3. The summed E-state index contributed by atoms with van der Waals surface area (Å²) in [4.78, 5) is 0. The lowest BCUT2D eigenvalue weighted by atomic mass is 10.2. The van der Waals surface area contributed by atoms with Crippen LogP contribution in [0.15, 0.2) is 0 Å². The van der Waals surface area contributed by atoms with Gasteiger partial charge in [-0.2, -0.15) is 0 Å². The fraction of sp³-hybridized carbons (Fsp3) is 1.00. The van der Waals surface area contributed by atoms with E-state index in [0.29, 0.717) is 12.6 Å². The van der Waals surface area contributed by atoms with Crippen LogP contribution >= 0.6 is 12.4 Å². The lowest BCUT2D eigenvalue weighted by Crippen LogP contribution is -2.46. The van der Waals surface area contributed by atoms with Gasteiger partial charge in [0.25, 0.3) is 0 Å². The molecule has 0 aromatic rings. The molecular weight excluding hydrogens is 166 g/mol. The van der Waals surface area contributed by atoms with Gasteiger partial charge in [-0.15, -0.1) is 12.4 Å². The maximum Gasteiger partial charge on any atom is 0.0933 e. The average Bonchev–Trinajstić information content (AvgIpc) is 1.95. The smallest absolute Gasteiger partial charge is 0.0933 e. The van der Waals surface area contributed by atoms with Gasteiger partial charge in [0, 0.05) is 19.7 Å². The molecule has 0 aliphatic carbocycles. The van der Waals surface area contributed by atoms with Gasteiger partial charge in [0.05, 0.1) is 19.3 Å². The molecule has 0 spiro atoms. The van der Waals surface area contributed by atoms with Crippen molar-refractivity contribution in [2.24, 2.45) is 0 Å². The van der Waals surface area contributed by atoms with Crippen molar-refractivity contribution in [2.75, 3.05) is 26.9 Å². The van der Waals surface area contributed by atoms with Gasteiger partial charge in [-0.3, -0.25) is 0 Å². The number of nitrogens with one attached hydrogen (secondary N) is 1. The van der Waals surface area contributed by atoms with Crippen molar-refractivity contribution in [1.29, 1.82) is 0 Å². The van der Waals surface area contributed by atoms with Gasteiger partial charge in [0.15, 0.2) is 0 Å². The van der Waals surface area contributed by atoms with Crippen LogP contribution in [-0.4, -0.2) is 39.0 Å². The number of methoxy groups -OCH3 is 1. The second kappa shape index (κ2) is 5.77. The van der Waals surface area contributed by atoms with E-state index >= 15 is 0 Å². The fourth-order valence-electron chi connectivity index (χ4n) is 1.02. The molecule has 1 rings (SSSR count). The molecule has 1 aliphatic rings. The van der Waals surface area contributed by atoms with Crippen LogP contribution in [0, 0.1) is 0 Å². The minimum Gasteiger partial charge on any atom is -0.382 e. The van der Waals surface area contributed by atoms with E-state index in [1.807, 2.05) is 0 Å². The Morgan fingerprint density at radius 1 is 1.64 bits per heavy atom. The number of halogens is 1. The molecule has 1 fully saturated rings. The molecule has 1 heterocycles. The molecule has 1 N–H and O–H groups in total. The molecule has 3 nitrogen and oxygen atoms in total. The van der Waals surface area contributed by atoms with E-state index < -0.39 is 0 Å². The van der Waals surface area contributed by atoms with Gasteiger partial charge in [-0.1, -0.05) is 0 Å². The van der Waals surface area contributed by atoms with Crippen LogP contribution in [-0.2, 0) is 9.47 Å². The topological polar surface area (TPSA) is 30.5 Å². The van der Waals surface area contributed by atoms with E-state index in [2.05, 4.69) is 12.2 Å². The molecular formula is C7H16ClNO2. The number of morpholine rings is 1. The zero-order chi connectivity index (χ0) is 7.40. The van der Waals surface area contributed by atoms with Crippen LogP contribution in [0.1, 0.15) is 6.92 Å². The molecule has 11 heavy (non-hydrogen) atoms. The maximum atomic E-state index is 5.44. The molecule has 0 aromatic heterocycles. The van der Waals surface area contributed by atoms with Gasteiger partial charge in [0.2, 0.25) is 0 Å². The summed E-state index contributed by atoms with van der Waals surface area (Å²) in [5.41, 5.74) is 0. The summed E-state index contributed by atoms with van der Waals surface area (Å²) in [7, 11) is 1.70. The van der Waals surface area contributed by atoms with E-state index in [1.54, 1.807) is 7.11 Å². The lowest BCUT2D eigenvalue weighted by molar-refractivity contribution is -0.0330. The van der Waals surface area contributed by atoms with E-state index in [-0.39, 0.29) is 18.5 Å². The first kappa shape index (κ1) is 11.2. The Bertz CT molecular complexity index is 94.4. The average molecular weight is 182 g/mol. The van der Waals surface area contributed by atoms with Gasteiger partial charge < -0.3 is 14.8 Å². The summed E-state index contributed by atoms with van der Waals surface area (Å²) in [6, 6.07) is 0.494. The van der Waals surface area contributed by atoms with Crippen molar-refractivity contribution in [3.63, 3.8) is 0 Å². The number of ether oxygens (including phenoxy) is 2. The predicted octanol–water partition coefficient (Wildman–Crippen LogP) is 0.432. The Kier molecular flexibility index (Phi) is 5.86. The minimum atomic E-state index is 0. The summed E-state index contributed by atoms with van der Waals surface area (Å²) in [6.07, 6.45) is 0.251. The van der Waals surface area contributed by atoms with Crippen LogP contribution in [0.5, 0.6) is 0 Å². The van der Waals surface area contributed by atoms with Gasteiger partial charge in [0.1, 0.15) is 0 Å². The second-order valence-electron chi connectivity index (χ2n) is 2.72. The summed E-state index contributed by atoms with van der Waals surface area (Å²) in [5, 5.41) is 3.31. The summed E-state index contributed by atoms with van der Waals surface area (Å²) < 4.78 is 10.4. The molecule has 1 saturated heterocycles. The number of hydrogen-bond donors (Lipinski definition) is 1. The van der Waals surface area contributed by atoms with E-state index in [4.69, 9.17) is 9.47 Å². The van der Waals surface area contributed by atoms with E-state index in [1.165, 1.54) is 0 Å². The minimum absolute atomic E-state index is 0. The fourth-order valence-corrected chi connectivity index (χ4v) is 1.02. The molecule has 0 aromatic carbocycles. The summed E-state index contributed by atoms with van der Waals surface area (Å²) in [6.45, 7) is 4.52. The first-order valence-corrected chi connectivity index (χ1v) is 3.67. The third-order valence-electron chi connectivity index (χ3n) is 1.63. The third kappa shape index (κ3) is 3.91. The quantitative estimate of drug-likeness (QED) is 0.671. The summed E-state index contributed by atoms with van der Waals surface area (Å²) >= 11 is 0. The van der Waals surface area contributed by atoms with Crippen molar-refractivity contribution in [3.8, 4) is 0 Å². The van der Waals surface area contributed by atoms with Crippen molar-refractivity contribution < 1.29 is 9.47 Å². The third-order valence-corrected chi connectivity index (χ3v) is 1.63. The Balaban J connectivity index is 0.000001000. The lowest BCUT2D eigenvalue weighted by Gasteiger charge is -2.27. The van der Waals surface area contributed by atoms with Gasteiger partial charge >= 0.3 is 0 Å². The summed E-state index contributed by atoms with van der Waals surface area (Å²) in [5.74, 6) is 0. The highest BCUT2D eigenvalue weighted by molar-refractivity contribution is 5.85. The Hall–Kier alpha value is 0.170. The van der Waals surface area contributed by atoms with Crippen LogP contribution in [0.2, 0.25) is 0 Å². The number of rotatable bonds is 2. The first-order chi connectivity index (χ1) is 4.83. The normalized spacial score (nSPS) is 31.1.